The maximum atomic E-state index is 12.9. The largest absolute Gasteiger partial charge is 0.355 e. The molecule has 8 nitrogen and oxygen atoms in total. The van der Waals surface area contributed by atoms with Crippen LogP contribution < -0.4 is 16.2 Å². The molecule has 0 aliphatic heterocycles. The molecule has 0 fully saturated rings. The second-order valence-electron chi connectivity index (χ2n) is 8.36. The number of rotatable bonds is 12. The normalized spacial score (nSPS) is 13.3. The minimum atomic E-state index is -0.290. The number of hydrogen-bond acceptors (Lipinski definition) is 6. The van der Waals surface area contributed by atoms with E-state index in [1.54, 1.807) is 11.3 Å². The van der Waals surface area contributed by atoms with Gasteiger partial charge < -0.3 is 15.5 Å². The number of nitrogens with zero attached hydrogens (tertiary/aromatic N) is 3. The number of thiophene rings is 1. The zero-order chi connectivity index (χ0) is 22.9. The average Bonchev–Trinajstić information content (AvgIpc) is 3.15. The molecule has 0 unspecified atom stereocenters. The van der Waals surface area contributed by atoms with Crippen LogP contribution in [-0.4, -0.2) is 59.0 Å². The minimum absolute atomic E-state index is 0.0802. The summed E-state index contributed by atoms with van der Waals surface area (Å²) in [5.41, 5.74) is 0.975. The van der Waals surface area contributed by atoms with Gasteiger partial charge in [-0.05, 0) is 57.2 Å². The van der Waals surface area contributed by atoms with Crippen molar-refractivity contribution in [3.05, 3.63) is 27.1 Å². The lowest BCUT2D eigenvalue weighted by Gasteiger charge is -2.20. The van der Waals surface area contributed by atoms with E-state index in [1.165, 1.54) is 15.8 Å². The first-order valence-electron chi connectivity index (χ1n) is 11.8. The van der Waals surface area contributed by atoms with E-state index in [1.807, 2.05) is 0 Å². The third-order valence-corrected chi connectivity index (χ3v) is 6.96. The van der Waals surface area contributed by atoms with Gasteiger partial charge >= 0.3 is 0 Å². The zero-order valence-corrected chi connectivity index (χ0v) is 20.1. The highest BCUT2D eigenvalue weighted by Crippen LogP contribution is 2.33. The van der Waals surface area contributed by atoms with Gasteiger partial charge in [0.2, 0.25) is 11.8 Å². The number of aromatic nitrogens is 2. The van der Waals surface area contributed by atoms with E-state index in [-0.39, 0.29) is 36.9 Å². The van der Waals surface area contributed by atoms with Gasteiger partial charge in [0.15, 0.2) is 0 Å². The molecule has 2 heterocycles. The van der Waals surface area contributed by atoms with E-state index in [0.717, 1.165) is 68.6 Å². The number of hydrogen-bond donors (Lipinski definition) is 2. The molecular formula is C23H35N5O3S. The lowest BCUT2D eigenvalue weighted by atomic mass is 9.97. The summed E-state index contributed by atoms with van der Waals surface area (Å²) in [6, 6.07) is 0. The van der Waals surface area contributed by atoms with Crippen molar-refractivity contribution in [2.24, 2.45) is 0 Å². The van der Waals surface area contributed by atoms with E-state index < -0.39 is 0 Å². The van der Waals surface area contributed by atoms with Crippen molar-refractivity contribution in [3.8, 4) is 0 Å². The van der Waals surface area contributed by atoms with Crippen molar-refractivity contribution < 1.29 is 9.59 Å². The molecule has 0 spiro atoms. The van der Waals surface area contributed by atoms with Crippen molar-refractivity contribution >= 4 is 33.4 Å². The Morgan fingerprint density at radius 2 is 1.78 bits per heavy atom. The van der Waals surface area contributed by atoms with Crippen LogP contribution >= 0.6 is 11.3 Å². The summed E-state index contributed by atoms with van der Waals surface area (Å²) in [5, 5.41) is 6.33. The molecule has 32 heavy (non-hydrogen) atoms. The lowest BCUT2D eigenvalue weighted by molar-refractivity contribution is -0.122. The Labute approximate surface area is 193 Å². The number of nitrogens with one attached hydrogen (secondary N) is 2. The van der Waals surface area contributed by atoms with Crippen LogP contribution in [0.3, 0.4) is 0 Å². The van der Waals surface area contributed by atoms with Gasteiger partial charge in [0.25, 0.3) is 5.56 Å². The Balaban J connectivity index is 1.44. The molecule has 0 radical (unpaired) electrons. The van der Waals surface area contributed by atoms with Crippen molar-refractivity contribution in [3.63, 3.8) is 0 Å². The van der Waals surface area contributed by atoms with Crippen molar-refractivity contribution in [2.75, 3.05) is 32.7 Å². The highest BCUT2D eigenvalue weighted by molar-refractivity contribution is 7.18. The minimum Gasteiger partial charge on any atom is -0.355 e. The predicted octanol–water partition coefficient (Wildman–Crippen LogP) is 2.08. The Morgan fingerprint density at radius 3 is 2.53 bits per heavy atom. The van der Waals surface area contributed by atoms with E-state index in [0.29, 0.717) is 11.9 Å². The fourth-order valence-electron chi connectivity index (χ4n) is 4.23. The third-order valence-electron chi connectivity index (χ3n) is 5.76. The average molecular weight is 462 g/mol. The second-order valence-corrected chi connectivity index (χ2v) is 9.44. The van der Waals surface area contributed by atoms with Gasteiger partial charge in [-0.25, -0.2) is 4.98 Å². The van der Waals surface area contributed by atoms with Crippen molar-refractivity contribution in [2.45, 2.75) is 65.3 Å². The van der Waals surface area contributed by atoms with Crippen LogP contribution in [0.5, 0.6) is 0 Å². The van der Waals surface area contributed by atoms with E-state index in [9.17, 15) is 14.4 Å². The molecule has 2 N–H and O–H groups in total. The summed E-state index contributed by atoms with van der Waals surface area (Å²) < 4.78 is 1.37. The molecule has 1 aliphatic carbocycles. The van der Waals surface area contributed by atoms with Crippen molar-refractivity contribution in [1.29, 1.82) is 0 Å². The maximum absolute atomic E-state index is 12.9. The Morgan fingerprint density at radius 1 is 1.06 bits per heavy atom. The lowest BCUT2D eigenvalue weighted by Crippen LogP contribution is -2.38. The predicted molar refractivity (Wildman–Crippen MR) is 128 cm³/mol. The van der Waals surface area contributed by atoms with Crippen LogP contribution in [0.1, 0.15) is 56.4 Å². The topological polar surface area (TPSA) is 96.3 Å². The monoisotopic (exact) mass is 461 g/mol. The second kappa shape index (κ2) is 12.1. The first kappa shape index (κ1) is 24.4. The number of aryl methyl sites for hydroxylation is 2. The van der Waals surface area contributed by atoms with E-state index >= 15 is 0 Å². The number of carbonyl (C=O) groups is 2. The van der Waals surface area contributed by atoms with Gasteiger partial charge in [-0.2, -0.15) is 0 Å². The summed E-state index contributed by atoms with van der Waals surface area (Å²) in [4.78, 5) is 46.1. The smallest absolute Gasteiger partial charge is 0.262 e. The van der Waals surface area contributed by atoms with Gasteiger partial charge in [-0.1, -0.05) is 13.8 Å². The molecular weight excluding hydrogens is 426 g/mol. The fraction of sp³-hybridized carbons (Fsp3) is 0.652. The Bertz CT molecular complexity index is 978. The Hall–Kier alpha value is -2.26. The van der Waals surface area contributed by atoms with Gasteiger partial charge in [0.05, 0.1) is 11.7 Å². The van der Waals surface area contributed by atoms with Gasteiger partial charge in [0.1, 0.15) is 11.4 Å². The Kier molecular flexibility index (Phi) is 9.23. The SMILES string of the molecule is CCCN(CCC)CCNC(=O)CCNC(=O)Cn1cnc2sc3c(c2c1=O)CCCC3. The molecule has 0 aromatic carbocycles. The molecule has 2 aromatic rings. The van der Waals surface area contributed by atoms with Crippen LogP contribution in [-0.2, 0) is 29.0 Å². The van der Waals surface area contributed by atoms with Crippen LogP contribution in [0, 0.1) is 0 Å². The molecule has 3 rings (SSSR count). The first-order valence-corrected chi connectivity index (χ1v) is 12.6. The third kappa shape index (κ3) is 6.38. The van der Waals surface area contributed by atoms with Crippen molar-refractivity contribution in [1.82, 2.24) is 25.1 Å². The van der Waals surface area contributed by atoms with Gasteiger partial charge in [-0.15, -0.1) is 11.3 Å². The molecule has 0 saturated heterocycles. The molecule has 0 atom stereocenters. The molecule has 2 aromatic heterocycles. The molecule has 0 bridgehead atoms. The van der Waals surface area contributed by atoms with Gasteiger partial charge in [-0.3, -0.25) is 19.0 Å². The van der Waals surface area contributed by atoms with Crippen LogP contribution in [0.15, 0.2) is 11.1 Å². The first-order chi connectivity index (χ1) is 15.5. The standard InChI is InChI=1S/C23H35N5O3S/c1-3-12-27(13-4-2)14-11-25-19(29)9-10-24-20(30)15-28-16-26-22-21(23(28)31)17-7-5-6-8-18(17)32-22/h16H,3-15H2,1-2H3,(H,24,30)(H,25,29). The highest BCUT2D eigenvalue weighted by Gasteiger charge is 2.20. The fourth-order valence-corrected chi connectivity index (χ4v) is 5.45. The zero-order valence-electron chi connectivity index (χ0n) is 19.2. The molecule has 9 heteroatoms. The summed E-state index contributed by atoms with van der Waals surface area (Å²) >= 11 is 1.60. The quantitative estimate of drug-likeness (QED) is 0.505. The maximum Gasteiger partial charge on any atom is 0.262 e. The highest BCUT2D eigenvalue weighted by atomic mass is 32.1. The summed E-state index contributed by atoms with van der Waals surface area (Å²) in [6.07, 6.45) is 8.03. The van der Waals surface area contributed by atoms with Crippen LogP contribution in [0.25, 0.3) is 10.2 Å². The molecule has 1 aliphatic rings. The van der Waals surface area contributed by atoms with Gasteiger partial charge in [0, 0.05) is 30.9 Å². The summed E-state index contributed by atoms with van der Waals surface area (Å²) in [6.45, 7) is 7.99. The van der Waals surface area contributed by atoms with E-state index in [4.69, 9.17) is 0 Å². The molecule has 176 valence electrons. The van der Waals surface area contributed by atoms with E-state index in [2.05, 4.69) is 34.4 Å². The molecule has 2 amide bonds. The number of amides is 2. The summed E-state index contributed by atoms with van der Waals surface area (Å²) in [7, 11) is 0. The van der Waals surface area contributed by atoms with Crippen LogP contribution in [0.4, 0.5) is 0 Å². The molecule has 0 saturated carbocycles. The number of carbonyl (C=O) groups excluding carboxylic acids is 2. The number of fused-ring (bicyclic) bond motifs is 3. The summed E-state index contributed by atoms with van der Waals surface area (Å²) in [5.74, 6) is -0.370. The van der Waals surface area contributed by atoms with Crippen LogP contribution in [0.2, 0.25) is 0 Å².